The minimum atomic E-state index is -0.289. The van der Waals surface area contributed by atoms with E-state index in [1.807, 2.05) is 37.2 Å². The van der Waals surface area contributed by atoms with Crippen LogP contribution in [-0.2, 0) is 0 Å². The molecule has 0 radical (unpaired) electrons. The third-order valence-corrected chi connectivity index (χ3v) is 5.41. The largest absolute Gasteiger partial charge is 0.488 e. The summed E-state index contributed by atoms with van der Waals surface area (Å²) < 4.78 is 11.8. The van der Waals surface area contributed by atoms with Crippen LogP contribution in [0.3, 0.4) is 0 Å². The molecule has 0 spiro atoms. The number of allylic oxidation sites excluding steroid dienone is 1. The Kier molecular flexibility index (Phi) is 10.5. The van der Waals surface area contributed by atoms with E-state index in [0.29, 0.717) is 39.7 Å². The molecule has 5 nitrogen and oxygen atoms in total. The molecule has 0 fully saturated rings. The van der Waals surface area contributed by atoms with Crippen molar-refractivity contribution in [3.05, 3.63) is 87.0 Å². The average Bonchev–Trinajstić information content (AvgIpc) is 2.76. The highest BCUT2D eigenvalue weighted by atomic mass is 35.5. The Morgan fingerprint density at radius 3 is 2.39 bits per heavy atom. The molecule has 1 heterocycles. The molecular formula is C24H22Cl4N2O3. The molecule has 2 aromatic carbocycles. The van der Waals surface area contributed by atoms with Crippen LogP contribution in [0.2, 0.25) is 15.1 Å². The summed E-state index contributed by atoms with van der Waals surface area (Å²) >= 11 is 18.5. The number of halogens is 4. The van der Waals surface area contributed by atoms with Crippen LogP contribution >= 0.6 is 47.2 Å². The van der Waals surface area contributed by atoms with Crippen molar-refractivity contribution < 1.29 is 14.3 Å². The second kappa shape index (κ2) is 12.8. The zero-order valence-corrected chi connectivity index (χ0v) is 21.0. The highest BCUT2D eigenvalue weighted by Gasteiger charge is 2.17. The number of ether oxygens (including phenoxy) is 2. The van der Waals surface area contributed by atoms with Crippen molar-refractivity contribution in [2.45, 2.75) is 0 Å². The highest BCUT2D eigenvalue weighted by molar-refractivity contribution is 6.42. The van der Waals surface area contributed by atoms with Crippen LogP contribution in [0, 0.1) is 0 Å². The normalized spacial score (nSPS) is 10.8. The number of carbonyl (C=O) groups is 1. The number of benzene rings is 2. The van der Waals surface area contributed by atoms with Gasteiger partial charge in [0, 0.05) is 29.9 Å². The molecular weight excluding hydrogens is 506 g/mol. The predicted molar refractivity (Wildman–Crippen MR) is 137 cm³/mol. The molecule has 0 amide bonds. The first-order chi connectivity index (χ1) is 15.3. The lowest BCUT2D eigenvalue weighted by atomic mass is 10.1. The minimum absolute atomic E-state index is 0. The molecule has 0 bridgehead atoms. The summed E-state index contributed by atoms with van der Waals surface area (Å²) in [5.41, 5.74) is 1.01. The van der Waals surface area contributed by atoms with Crippen LogP contribution in [0.4, 0.5) is 0 Å². The number of rotatable bonds is 9. The smallest absolute Gasteiger partial charge is 0.230 e. The summed E-state index contributed by atoms with van der Waals surface area (Å²) in [6, 6.07) is 13.7. The van der Waals surface area contributed by atoms with Crippen molar-refractivity contribution in [3.63, 3.8) is 0 Å². The van der Waals surface area contributed by atoms with E-state index < -0.39 is 0 Å². The van der Waals surface area contributed by atoms with Crippen LogP contribution in [0.15, 0.2) is 60.8 Å². The number of ketones is 1. The summed E-state index contributed by atoms with van der Waals surface area (Å²) in [5, 5.41) is 1.18. The van der Waals surface area contributed by atoms with Crippen molar-refractivity contribution in [3.8, 4) is 17.4 Å². The van der Waals surface area contributed by atoms with Crippen molar-refractivity contribution >= 4 is 59.1 Å². The average molecular weight is 528 g/mol. The van der Waals surface area contributed by atoms with E-state index in [2.05, 4.69) is 4.98 Å². The molecule has 0 saturated heterocycles. The van der Waals surface area contributed by atoms with Crippen molar-refractivity contribution in [1.29, 1.82) is 0 Å². The number of hydrogen-bond acceptors (Lipinski definition) is 5. The first-order valence-corrected chi connectivity index (χ1v) is 10.8. The maximum atomic E-state index is 12.9. The summed E-state index contributed by atoms with van der Waals surface area (Å²) in [6.45, 7) is 1.11. The van der Waals surface area contributed by atoms with E-state index in [-0.39, 0.29) is 29.6 Å². The SMILES string of the molecule is CN(C)CCOc1cc(Cl)c(Cl)cc1Oc1ncccc1C(=O)C=Cc1ccccc1Cl.Cl. The molecule has 33 heavy (non-hydrogen) atoms. The highest BCUT2D eigenvalue weighted by Crippen LogP contribution is 2.38. The molecule has 0 N–H and O–H groups in total. The van der Waals surface area contributed by atoms with E-state index in [4.69, 9.17) is 44.3 Å². The quantitative estimate of drug-likeness (QED) is 0.219. The van der Waals surface area contributed by atoms with E-state index in [9.17, 15) is 4.79 Å². The number of aromatic nitrogens is 1. The minimum Gasteiger partial charge on any atom is -0.488 e. The molecule has 9 heteroatoms. The molecule has 3 rings (SSSR count). The Morgan fingerprint density at radius 2 is 1.70 bits per heavy atom. The van der Waals surface area contributed by atoms with Gasteiger partial charge in [0.2, 0.25) is 5.88 Å². The van der Waals surface area contributed by atoms with Gasteiger partial charge in [-0.25, -0.2) is 4.98 Å². The van der Waals surface area contributed by atoms with Gasteiger partial charge in [0.15, 0.2) is 17.3 Å². The zero-order chi connectivity index (χ0) is 23.1. The monoisotopic (exact) mass is 526 g/mol. The molecule has 3 aromatic rings. The molecule has 0 unspecified atom stereocenters. The topological polar surface area (TPSA) is 51.7 Å². The molecule has 174 valence electrons. The zero-order valence-electron chi connectivity index (χ0n) is 17.9. The van der Waals surface area contributed by atoms with Gasteiger partial charge in [0.1, 0.15) is 6.61 Å². The van der Waals surface area contributed by atoms with E-state index in [1.165, 1.54) is 18.3 Å². The fourth-order valence-electron chi connectivity index (χ4n) is 2.67. The summed E-state index contributed by atoms with van der Waals surface area (Å²) in [6.07, 6.45) is 4.61. The van der Waals surface area contributed by atoms with Gasteiger partial charge in [0.25, 0.3) is 0 Å². The third kappa shape index (κ3) is 7.63. The van der Waals surface area contributed by atoms with Gasteiger partial charge in [0.05, 0.1) is 15.6 Å². The summed E-state index contributed by atoms with van der Waals surface area (Å²) in [7, 11) is 3.88. The lowest BCUT2D eigenvalue weighted by Crippen LogP contribution is -2.19. The number of hydrogen-bond donors (Lipinski definition) is 0. The Labute approximate surface area is 214 Å². The number of pyridine rings is 1. The standard InChI is InChI=1S/C24H21Cl3N2O3.ClH/c1-29(2)12-13-31-22-14-19(26)20(27)15-23(22)32-24-17(7-5-11-28-24)21(30)10-9-16-6-3-4-8-18(16)25;/h3-11,14-15H,12-13H2,1-2H3;1H. The number of nitrogens with zero attached hydrogens (tertiary/aromatic N) is 2. The molecule has 0 aliphatic rings. The Hall–Kier alpha value is -2.28. The van der Waals surface area contributed by atoms with Gasteiger partial charge < -0.3 is 14.4 Å². The second-order valence-corrected chi connectivity index (χ2v) is 8.26. The number of carbonyl (C=O) groups excluding carboxylic acids is 1. The lowest BCUT2D eigenvalue weighted by Gasteiger charge is -2.16. The Morgan fingerprint density at radius 1 is 1.00 bits per heavy atom. The lowest BCUT2D eigenvalue weighted by molar-refractivity contribution is 0.104. The second-order valence-electron chi connectivity index (χ2n) is 7.04. The van der Waals surface area contributed by atoms with Gasteiger partial charge in [-0.2, -0.15) is 0 Å². The van der Waals surface area contributed by atoms with Crippen molar-refractivity contribution in [2.24, 2.45) is 0 Å². The third-order valence-electron chi connectivity index (χ3n) is 4.35. The fourth-order valence-corrected chi connectivity index (χ4v) is 3.18. The van der Waals surface area contributed by atoms with Crippen LogP contribution in [0.5, 0.6) is 17.4 Å². The van der Waals surface area contributed by atoms with Gasteiger partial charge in [-0.05, 0) is 50.0 Å². The molecule has 0 aliphatic carbocycles. The van der Waals surface area contributed by atoms with Crippen molar-refractivity contribution in [2.75, 3.05) is 27.2 Å². The van der Waals surface area contributed by atoms with Gasteiger partial charge in [-0.1, -0.05) is 53.0 Å². The first-order valence-electron chi connectivity index (χ1n) is 9.71. The maximum absolute atomic E-state index is 12.9. The van der Waals surface area contributed by atoms with E-state index in [1.54, 1.807) is 30.3 Å². The maximum Gasteiger partial charge on any atom is 0.230 e. The first kappa shape index (κ1) is 27.0. The van der Waals surface area contributed by atoms with Crippen LogP contribution < -0.4 is 9.47 Å². The fraction of sp³-hybridized carbons (Fsp3) is 0.167. The summed E-state index contributed by atoms with van der Waals surface area (Å²) in [5.74, 6) is 0.540. The summed E-state index contributed by atoms with van der Waals surface area (Å²) in [4.78, 5) is 19.1. The molecule has 1 aromatic heterocycles. The van der Waals surface area contributed by atoms with E-state index >= 15 is 0 Å². The van der Waals surface area contributed by atoms with Crippen LogP contribution in [-0.4, -0.2) is 42.9 Å². The Balaban J connectivity index is 0.00000385. The predicted octanol–water partition coefficient (Wildman–Crippen LogP) is 7.09. The van der Waals surface area contributed by atoms with E-state index in [0.717, 1.165) is 5.56 Å². The Bertz CT molecular complexity index is 1140. The van der Waals surface area contributed by atoms with Gasteiger partial charge in [-0.3, -0.25) is 4.79 Å². The van der Waals surface area contributed by atoms with Gasteiger partial charge >= 0.3 is 0 Å². The van der Waals surface area contributed by atoms with Crippen molar-refractivity contribution in [1.82, 2.24) is 9.88 Å². The number of likely N-dealkylation sites (N-methyl/N-ethyl adjacent to an activating group) is 1. The molecule has 0 aliphatic heterocycles. The molecule has 0 atom stereocenters. The van der Waals surface area contributed by atoms with Crippen LogP contribution in [0.1, 0.15) is 15.9 Å². The molecule has 0 saturated carbocycles. The van der Waals surface area contributed by atoms with Gasteiger partial charge in [-0.15, -0.1) is 12.4 Å². The van der Waals surface area contributed by atoms with Crippen LogP contribution in [0.25, 0.3) is 6.08 Å².